The van der Waals surface area contributed by atoms with Crippen LogP contribution in [0.15, 0.2) is 58.1 Å². The molecule has 146 valence electrons. The number of nitrogens with zero attached hydrogens (tertiary/aromatic N) is 2. The number of carbonyl (C=O) groups excluding carboxylic acids is 2. The summed E-state index contributed by atoms with van der Waals surface area (Å²) in [6.07, 6.45) is 7.37. The van der Waals surface area contributed by atoms with E-state index in [4.69, 9.17) is 9.52 Å². The molecule has 1 aromatic heterocycles. The summed E-state index contributed by atoms with van der Waals surface area (Å²) in [6.45, 7) is 0. The predicted octanol–water partition coefficient (Wildman–Crippen LogP) is 3.18. The molecule has 0 radical (unpaired) electrons. The number of rotatable bonds is 4. The maximum atomic E-state index is 12.8. The fraction of sp³-hybridized carbons (Fsp3) is 0.273. The maximum absolute atomic E-state index is 12.8. The van der Waals surface area contributed by atoms with Crippen molar-refractivity contribution in [3.63, 3.8) is 0 Å². The van der Waals surface area contributed by atoms with E-state index in [1.807, 2.05) is 0 Å². The van der Waals surface area contributed by atoms with Crippen LogP contribution in [0.1, 0.15) is 29.0 Å². The van der Waals surface area contributed by atoms with Crippen LogP contribution >= 0.6 is 0 Å². The first-order chi connectivity index (χ1) is 14.0. The zero-order valence-electron chi connectivity index (χ0n) is 15.4. The number of carboxylic acid groups (broad SMARTS) is 1. The minimum atomic E-state index is -1.02. The molecule has 2 amide bonds. The number of carbonyl (C=O) groups is 3. The highest BCUT2D eigenvalue weighted by molar-refractivity contribution is 6.06. The molecule has 3 aliphatic carbocycles. The van der Waals surface area contributed by atoms with Crippen LogP contribution in [0.4, 0.5) is 0 Å². The Morgan fingerprint density at radius 3 is 2.38 bits per heavy atom. The molecule has 2 fully saturated rings. The molecular weight excluding hydrogens is 372 g/mol. The first kappa shape index (κ1) is 17.6. The third kappa shape index (κ3) is 2.81. The molecule has 4 atom stereocenters. The van der Waals surface area contributed by atoms with Gasteiger partial charge in [0.15, 0.2) is 0 Å². The molecule has 2 heterocycles. The smallest absolute Gasteiger partial charge is 0.335 e. The van der Waals surface area contributed by atoms with Crippen molar-refractivity contribution in [2.24, 2.45) is 28.8 Å². The lowest BCUT2D eigenvalue weighted by Gasteiger charge is -2.37. The van der Waals surface area contributed by atoms with Gasteiger partial charge in [-0.15, -0.1) is 0 Å². The van der Waals surface area contributed by atoms with E-state index in [-0.39, 0.29) is 41.0 Å². The Balaban J connectivity index is 1.37. The number of imide groups is 1. The van der Waals surface area contributed by atoms with Gasteiger partial charge in [-0.2, -0.15) is 10.1 Å². The van der Waals surface area contributed by atoms with Crippen LogP contribution in [-0.4, -0.2) is 34.1 Å². The second kappa shape index (κ2) is 6.55. The normalized spacial score (nSPS) is 27.8. The number of amides is 2. The summed E-state index contributed by atoms with van der Waals surface area (Å²) in [6, 6.07) is 9.76. The highest BCUT2D eigenvalue weighted by Crippen LogP contribution is 2.49. The third-order valence-corrected chi connectivity index (χ3v) is 6.06. The van der Waals surface area contributed by atoms with Gasteiger partial charge in [0.05, 0.1) is 23.6 Å². The lowest BCUT2D eigenvalue weighted by molar-refractivity contribution is -0.140. The number of hydrazone groups is 1. The molecule has 2 bridgehead atoms. The van der Waals surface area contributed by atoms with Gasteiger partial charge in [0.25, 0.3) is 11.8 Å². The van der Waals surface area contributed by atoms with Crippen molar-refractivity contribution in [1.82, 2.24) is 5.01 Å². The highest BCUT2D eigenvalue weighted by Gasteiger charge is 2.56. The van der Waals surface area contributed by atoms with E-state index in [9.17, 15) is 14.4 Å². The summed E-state index contributed by atoms with van der Waals surface area (Å²) >= 11 is 0. The summed E-state index contributed by atoms with van der Waals surface area (Å²) in [5, 5.41) is 14.2. The summed E-state index contributed by atoms with van der Waals surface area (Å²) in [7, 11) is 0. The van der Waals surface area contributed by atoms with Gasteiger partial charge < -0.3 is 9.52 Å². The molecule has 2 aromatic rings. The minimum absolute atomic E-state index is 0.123. The molecule has 1 saturated carbocycles. The van der Waals surface area contributed by atoms with Crippen LogP contribution in [0.2, 0.25) is 0 Å². The van der Waals surface area contributed by atoms with E-state index >= 15 is 0 Å². The number of hydrogen-bond acceptors (Lipinski definition) is 5. The lowest BCUT2D eigenvalue weighted by atomic mass is 9.63. The molecule has 0 unspecified atom stereocenters. The first-order valence-electron chi connectivity index (χ1n) is 9.56. The standard InChI is InChI=1S/C22H18N2O5/c25-20-18-12-4-5-13(7-6-12)19(18)21(26)24(20)23-11-16-8-9-17(29-16)14-2-1-3-15(10-14)22(27)28/h1-5,8-13,18-19H,6-7H2,(H,27,28)/b23-11-/t12-,13+,18-,19+. The molecule has 1 aromatic carbocycles. The average Bonchev–Trinajstić information content (AvgIpc) is 3.32. The number of carboxylic acids is 1. The molecule has 1 aliphatic heterocycles. The van der Waals surface area contributed by atoms with E-state index in [1.165, 1.54) is 18.3 Å². The van der Waals surface area contributed by atoms with Crippen molar-refractivity contribution in [2.45, 2.75) is 12.8 Å². The van der Waals surface area contributed by atoms with Crippen molar-refractivity contribution in [3.8, 4) is 11.3 Å². The largest absolute Gasteiger partial charge is 0.478 e. The van der Waals surface area contributed by atoms with Gasteiger partial charge >= 0.3 is 5.97 Å². The zero-order valence-corrected chi connectivity index (χ0v) is 15.4. The molecule has 7 nitrogen and oxygen atoms in total. The van der Waals surface area contributed by atoms with Gasteiger partial charge in [0.2, 0.25) is 0 Å². The molecule has 7 heteroatoms. The molecular formula is C22H18N2O5. The molecule has 29 heavy (non-hydrogen) atoms. The second-order valence-electron chi connectivity index (χ2n) is 7.66. The third-order valence-electron chi connectivity index (χ3n) is 6.06. The number of benzene rings is 1. The average molecular weight is 390 g/mol. The molecule has 6 rings (SSSR count). The van der Waals surface area contributed by atoms with Gasteiger partial charge in [-0.05, 0) is 48.9 Å². The van der Waals surface area contributed by atoms with Crippen molar-refractivity contribution < 1.29 is 23.9 Å². The fourth-order valence-corrected chi connectivity index (χ4v) is 4.67. The SMILES string of the molecule is O=C(O)c1cccc(-c2ccc(/C=N\N3C(=O)[C@@H]4[C@H](C3=O)[C@@H]3C=C[C@H]4CC3)o2)c1. The van der Waals surface area contributed by atoms with E-state index < -0.39 is 5.97 Å². The van der Waals surface area contributed by atoms with Crippen LogP contribution in [0.25, 0.3) is 11.3 Å². The topological polar surface area (TPSA) is 100 Å². The monoisotopic (exact) mass is 390 g/mol. The van der Waals surface area contributed by atoms with E-state index in [2.05, 4.69) is 17.3 Å². The summed E-state index contributed by atoms with van der Waals surface area (Å²) in [5.41, 5.74) is 0.778. The van der Waals surface area contributed by atoms with E-state index in [1.54, 1.807) is 24.3 Å². The van der Waals surface area contributed by atoms with Gasteiger partial charge in [-0.25, -0.2) is 4.79 Å². The van der Waals surface area contributed by atoms with Gasteiger partial charge in [0.1, 0.15) is 11.5 Å². The Hall–Kier alpha value is -3.48. The van der Waals surface area contributed by atoms with Gasteiger partial charge in [0, 0.05) is 5.56 Å². The number of hydrogen-bond donors (Lipinski definition) is 1. The van der Waals surface area contributed by atoms with Crippen molar-refractivity contribution in [3.05, 3.63) is 59.9 Å². The first-order valence-corrected chi connectivity index (χ1v) is 9.56. The van der Waals surface area contributed by atoms with Crippen LogP contribution in [-0.2, 0) is 9.59 Å². The van der Waals surface area contributed by atoms with Gasteiger partial charge in [-0.3, -0.25) is 9.59 Å². The Kier molecular flexibility index (Phi) is 3.97. The maximum Gasteiger partial charge on any atom is 0.335 e. The number of aromatic carboxylic acids is 1. The number of fused-ring (bicyclic) bond motifs is 1. The summed E-state index contributed by atoms with van der Waals surface area (Å²) in [4.78, 5) is 36.7. The summed E-state index contributed by atoms with van der Waals surface area (Å²) in [5.74, 6) is -0.995. The van der Waals surface area contributed by atoms with Crippen LogP contribution in [0.3, 0.4) is 0 Å². The number of allylic oxidation sites excluding steroid dienone is 2. The summed E-state index contributed by atoms with van der Waals surface area (Å²) < 4.78 is 5.70. The Morgan fingerprint density at radius 1 is 1.07 bits per heavy atom. The van der Waals surface area contributed by atoms with Crippen molar-refractivity contribution in [2.75, 3.05) is 0 Å². The van der Waals surface area contributed by atoms with Crippen molar-refractivity contribution >= 4 is 24.0 Å². The predicted molar refractivity (Wildman–Crippen MR) is 103 cm³/mol. The quantitative estimate of drug-likeness (QED) is 0.491. The van der Waals surface area contributed by atoms with Crippen LogP contribution in [0.5, 0.6) is 0 Å². The highest BCUT2D eigenvalue weighted by atomic mass is 16.4. The molecule has 4 aliphatic rings. The van der Waals surface area contributed by atoms with E-state index in [0.29, 0.717) is 17.1 Å². The Morgan fingerprint density at radius 2 is 1.76 bits per heavy atom. The zero-order chi connectivity index (χ0) is 20.1. The number of furan rings is 1. The molecule has 0 spiro atoms. The molecule has 1 saturated heterocycles. The Labute approximate surface area is 166 Å². The van der Waals surface area contributed by atoms with Gasteiger partial charge in [-0.1, -0.05) is 24.3 Å². The van der Waals surface area contributed by atoms with E-state index in [0.717, 1.165) is 17.9 Å². The second-order valence-corrected chi connectivity index (χ2v) is 7.66. The lowest BCUT2D eigenvalue weighted by Crippen LogP contribution is -2.38. The molecule has 1 N–H and O–H groups in total. The Bertz CT molecular complexity index is 1050. The minimum Gasteiger partial charge on any atom is -0.478 e. The fourth-order valence-electron chi connectivity index (χ4n) is 4.67. The van der Waals surface area contributed by atoms with Crippen LogP contribution in [0, 0.1) is 23.7 Å². The van der Waals surface area contributed by atoms with Crippen molar-refractivity contribution in [1.29, 1.82) is 0 Å². The van der Waals surface area contributed by atoms with Crippen LogP contribution < -0.4 is 0 Å².